The average Bonchev–Trinajstić information content (AvgIpc) is 3.36. The van der Waals surface area contributed by atoms with Crippen LogP contribution < -0.4 is 10.6 Å². The fourth-order valence-electron chi connectivity index (χ4n) is 5.51. The predicted octanol–water partition coefficient (Wildman–Crippen LogP) is 6.11. The fourth-order valence-corrected chi connectivity index (χ4v) is 5.85. The van der Waals surface area contributed by atoms with Gasteiger partial charge in [-0.2, -0.15) is 0 Å². The first kappa shape index (κ1) is 25.7. The Morgan fingerprint density at radius 2 is 1.66 bits per heavy atom. The Labute approximate surface area is 229 Å². The van der Waals surface area contributed by atoms with Gasteiger partial charge in [0, 0.05) is 47.5 Å². The highest BCUT2D eigenvalue weighted by Gasteiger charge is 2.42. The number of hydrogen-bond donors (Lipinski definition) is 2. The highest BCUT2D eigenvalue weighted by atomic mass is 32.1. The molecule has 2 atom stereocenters. The van der Waals surface area contributed by atoms with Crippen LogP contribution >= 0.6 is 12.2 Å². The lowest BCUT2D eigenvalue weighted by molar-refractivity contribution is -0.116. The zero-order valence-corrected chi connectivity index (χ0v) is 23.0. The van der Waals surface area contributed by atoms with Crippen LogP contribution in [0.15, 0.2) is 79.0 Å². The quantitative estimate of drug-likeness (QED) is 0.286. The molecule has 0 saturated carbocycles. The van der Waals surface area contributed by atoms with Crippen LogP contribution in [-0.4, -0.2) is 32.0 Å². The maximum absolute atomic E-state index is 13.0. The van der Waals surface area contributed by atoms with Gasteiger partial charge < -0.3 is 20.1 Å². The van der Waals surface area contributed by atoms with Gasteiger partial charge in [-0.15, -0.1) is 0 Å². The minimum atomic E-state index is -0.133. The molecule has 7 heteroatoms. The maximum Gasteiger partial charge on any atom is 0.226 e. The molecule has 6 nitrogen and oxygen atoms in total. The maximum atomic E-state index is 13.0. The molecule has 1 aliphatic heterocycles. The smallest absolute Gasteiger partial charge is 0.226 e. The topological polar surface area (TPSA) is 62.2 Å². The number of nitrogens with one attached hydrogen (secondary N) is 2. The number of aryl methyl sites for hydroxylation is 1. The Morgan fingerprint density at radius 3 is 2.37 bits per heavy atom. The highest BCUT2D eigenvalue weighted by Crippen LogP contribution is 2.43. The summed E-state index contributed by atoms with van der Waals surface area (Å²) in [4.78, 5) is 19.8. The molecule has 0 radical (unpaired) electrons. The first-order valence-corrected chi connectivity index (χ1v) is 13.3. The van der Waals surface area contributed by atoms with E-state index in [0.29, 0.717) is 18.1 Å². The lowest BCUT2D eigenvalue weighted by Crippen LogP contribution is -2.33. The van der Waals surface area contributed by atoms with Crippen molar-refractivity contribution in [2.45, 2.75) is 46.2 Å². The van der Waals surface area contributed by atoms with Crippen LogP contribution in [0.4, 0.5) is 5.69 Å². The second-order valence-electron chi connectivity index (χ2n) is 9.81. The van der Waals surface area contributed by atoms with Gasteiger partial charge in [0.2, 0.25) is 5.91 Å². The summed E-state index contributed by atoms with van der Waals surface area (Å²) in [5, 5.41) is 7.22. The Morgan fingerprint density at radius 1 is 0.947 bits per heavy atom. The van der Waals surface area contributed by atoms with Gasteiger partial charge in [0.25, 0.3) is 0 Å². The SMILES string of the molecule is Cc1ccccc1NC(=O)CCN1C(=S)NC(c2ccccn2)C1c1c(C)c(C)n(-c2ccccc2)c1C. The molecule has 2 aromatic heterocycles. The number of pyridine rings is 1. The number of para-hydroxylation sites is 2. The Kier molecular flexibility index (Phi) is 7.29. The molecule has 1 aliphatic rings. The number of carbonyl (C=O) groups is 1. The largest absolute Gasteiger partial charge is 0.352 e. The zero-order chi connectivity index (χ0) is 26.8. The van der Waals surface area contributed by atoms with Crippen LogP contribution in [-0.2, 0) is 4.79 Å². The Balaban J connectivity index is 1.50. The summed E-state index contributed by atoms with van der Waals surface area (Å²) in [7, 11) is 0. The van der Waals surface area contributed by atoms with Gasteiger partial charge in [0.05, 0.1) is 17.8 Å². The summed E-state index contributed by atoms with van der Waals surface area (Å²) in [5.74, 6) is -0.0337. The third-order valence-electron chi connectivity index (χ3n) is 7.51. The average molecular weight is 524 g/mol. The van der Waals surface area contributed by atoms with E-state index in [0.717, 1.165) is 28.3 Å². The van der Waals surface area contributed by atoms with Gasteiger partial charge in [-0.1, -0.05) is 42.5 Å². The lowest BCUT2D eigenvalue weighted by atomic mass is 9.93. The third kappa shape index (κ3) is 4.82. The molecule has 5 rings (SSSR count). The van der Waals surface area contributed by atoms with Crippen molar-refractivity contribution >= 4 is 28.9 Å². The lowest BCUT2D eigenvalue weighted by Gasteiger charge is -2.29. The van der Waals surface area contributed by atoms with E-state index in [2.05, 4.69) is 70.1 Å². The van der Waals surface area contributed by atoms with Crippen molar-refractivity contribution in [1.82, 2.24) is 19.8 Å². The third-order valence-corrected chi connectivity index (χ3v) is 7.87. The summed E-state index contributed by atoms with van der Waals surface area (Å²) in [6.45, 7) is 8.99. The van der Waals surface area contributed by atoms with Gasteiger partial charge >= 0.3 is 0 Å². The van der Waals surface area contributed by atoms with E-state index in [4.69, 9.17) is 12.2 Å². The van der Waals surface area contributed by atoms with Crippen LogP contribution in [0.25, 0.3) is 5.69 Å². The van der Waals surface area contributed by atoms with Crippen molar-refractivity contribution in [3.63, 3.8) is 0 Å². The zero-order valence-electron chi connectivity index (χ0n) is 22.2. The van der Waals surface area contributed by atoms with Crippen molar-refractivity contribution in [3.05, 3.63) is 113 Å². The molecule has 2 N–H and O–H groups in total. The van der Waals surface area contributed by atoms with Crippen molar-refractivity contribution in [1.29, 1.82) is 0 Å². The van der Waals surface area contributed by atoms with Crippen LogP contribution in [0.1, 0.15) is 52.3 Å². The van der Waals surface area contributed by atoms with Crippen LogP contribution in [0.3, 0.4) is 0 Å². The molecule has 0 bridgehead atoms. The molecular weight excluding hydrogens is 490 g/mol. The predicted molar refractivity (Wildman–Crippen MR) is 157 cm³/mol. The first-order valence-electron chi connectivity index (χ1n) is 12.9. The van der Waals surface area contributed by atoms with Crippen molar-refractivity contribution < 1.29 is 4.79 Å². The van der Waals surface area contributed by atoms with E-state index < -0.39 is 0 Å². The van der Waals surface area contributed by atoms with E-state index in [9.17, 15) is 4.79 Å². The minimum absolute atomic E-state index is 0.0337. The second-order valence-corrected chi connectivity index (χ2v) is 10.2. The number of rotatable bonds is 7. The number of carbonyl (C=O) groups excluding carboxylic acids is 1. The van der Waals surface area contributed by atoms with Crippen molar-refractivity contribution in [2.75, 3.05) is 11.9 Å². The molecular formula is C31H33N5OS. The van der Waals surface area contributed by atoms with Gasteiger partial charge in [0.1, 0.15) is 0 Å². The van der Waals surface area contributed by atoms with E-state index in [1.54, 1.807) is 0 Å². The summed E-state index contributed by atoms with van der Waals surface area (Å²) in [6.07, 6.45) is 2.13. The Hall–Kier alpha value is -3.97. The van der Waals surface area contributed by atoms with Gasteiger partial charge in [-0.3, -0.25) is 9.78 Å². The molecule has 0 aliphatic carbocycles. The van der Waals surface area contributed by atoms with Crippen LogP contribution in [0, 0.1) is 27.7 Å². The van der Waals surface area contributed by atoms with E-state index in [1.807, 2.05) is 61.7 Å². The number of anilines is 1. The summed E-state index contributed by atoms with van der Waals surface area (Å²) in [6, 6.07) is 24.0. The van der Waals surface area contributed by atoms with Gasteiger partial charge in [-0.05, 0) is 81.4 Å². The minimum Gasteiger partial charge on any atom is -0.352 e. The second kappa shape index (κ2) is 10.8. The number of amides is 1. The summed E-state index contributed by atoms with van der Waals surface area (Å²) < 4.78 is 2.31. The molecule has 2 aromatic carbocycles. The highest BCUT2D eigenvalue weighted by molar-refractivity contribution is 7.80. The number of benzene rings is 2. The molecule has 1 amide bonds. The first-order chi connectivity index (χ1) is 18.4. The number of thiocarbonyl (C=S) groups is 1. The van der Waals surface area contributed by atoms with Crippen molar-refractivity contribution in [3.8, 4) is 5.69 Å². The van der Waals surface area contributed by atoms with E-state index >= 15 is 0 Å². The molecule has 1 saturated heterocycles. The normalized spacial score (nSPS) is 16.9. The Bertz CT molecular complexity index is 1460. The number of nitrogens with zero attached hydrogens (tertiary/aromatic N) is 3. The summed E-state index contributed by atoms with van der Waals surface area (Å²) in [5.41, 5.74) is 8.73. The molecule has 0 spiro atoms. The van der Waals surface area contributed by atoms with Crippen LogP contribution in [0.5, 0.6) is 0 Å². The van der Waals surface area contributed by atoms with Gasteiger partial charge in [0.15, 0.2) is 5.11 Å². The van der Waals surface area contributed by atoms with Crippen LogP contribution in [0.2, 0.25) is 0 Å². The van der Waals surface area contributed by atoms with E-state index in [1.165, 1.54) is 16.8 Å². The fraction of sp³-hybridized carbons (Fsp3) is 0.258. The molecule has 1 fully saturated rings. The molecule has 38 heavy (non-hydrogen) atoms. The standard InChI is InChI=1S/C31H33N5OS/c1-20-12-8-9-15-25(20)33-27(37)17-19-35-30(29(34-31(35)38)26-16-10-11-18-32-26)28-21(2)22(3)36(23(28)4)24-13-6-5-7-14-24/h5-16,18,29-30H,17,19H2,1-4H3,(H,33,37)(H,34,38). The van der Waals surface area contributed by atoms with Crippen molar-refractivity contribution in [2.24, 2.45) is 0 Å². The monoisotopic (exact) mass is 523 g/mol. The molecule has 2 unspecified atom stereocenters. The number of aromatic nitrogens is 2. The molecule has 4 aromatic rings. The molecule has 3 heterocycles. The van der Waals surface area contributed by atoms with Gasteiger partial charge in [-0.25, -0.2) is 0 Å². The molecule has 194 valence electrons. The number of hydrogen-bond acceptors (Lipinski definition) is 3. The summed E-state index contributed by atoms with van der Waals surface area (Å²) >= 11 is 5.87. The van der Waals surface area contributed by atoms with E-state index in [-0.39, 0.29) is 18.0 Å².